The number of nitro benzene ring substituents is 1. The molecule has 1 amide bonds. The number of carbonyl (C=O) groups is 1. The number of nitro groups is 1. The molecular formula is C15H21N3O3. The quantitative estimate of drug-likeness (QED) is 0.640. The van der Waals surface area contributed by atoms with E-state index in [-0.39, 0.29) is 30.0 Å². The molecule has 2 unspecified atom stereocenters. The molecule has 114 valence electrons. The van der Waals surface area contributed by atoms with Crippen LogP contribution in [0.2, 0.25) is 0 Å². The largest absolute Gasteiger partial charge is 0.352 e. The standard InChI is InChI=1S/C15H21N3O3/c16-9-11-5-1-3-7-13(11)15(19)17-10-12-6-2-4-8-14(12)18(20)21/h2,4,6,8,11,13H,1,3,5,7,9-10,16H2,(H,17,19). The molecule has 3 N–H and O–H groups in total. The second-order valence-electron chi connectivity index (χ2n) is 5.49. The summed E-state index contributed by atoms with van der Waals surface area (Å²) in [5.41, 5.74) is 6.30. The molecule has 1 fully saturated rings. The van der Waals surface area contributed by atoms with Gasteiger partial charge in [0.25, 0.3) is 5.69 Å². The van der Waals surface area contributed by atoms with Gasteiger partial charge in [-0.1, -0.05) is 31.0 Å². The Kier molecular flexibility index (Phi) is 5.27. The van der Waals surface area contributed by atoms with E-state index in [1.165, 1.54) is 6.07 Å². The molecule has 0 saturated heterocycles. The monoisotopic (exact) mass is 291 g/mol. The van der Waals surface area contributed by atoms with E-state index in [4.69, 9.17) is 5.73 Å². The molecule has 0 spiro atoms. The number of carbonyl (C=O) groups excluding carboxylic acids is 1. The van der Waals surface area contributed by atoms with Gasteiger partial charge in [-0.25, -0.2) is 0 Å². The number of rotatable bonds is 5. The highest BCUT2D eigenvalue weighted by Gasteiger charge is 2.29. The molecule has 2 atom stereocenters. The zero-order valence-corrected chi connectivity index (χ0v) is 12.0. The summed E-state index contributed by atoms with van der Waals surface area (Å²) in [5.74, 6) is 0.124. The van der Waals surface area contributed by atoms with E-state index in [0.717, 1.165) is 25.7 Å². The fourth-order valence-corrected chi connectivity index (χ4v) is 2.99. The van der Waals surface area contributed by atoms with E-state index in [2.05, 4.69) is 5.32 Å². The third-order valence-corrected chi connectivity index (χ3v) is 4.19. The number of benzene rings is 1. The lowest BCUT2D eigenvalue weighted by molar-refractivity contribution is -0.385. The van der Waals surface area contributed by atoms with Crippen LogP contribution in [0.15, 0.2) is 24.3 Å². The van der Waals surface area contributed by atoms with Crippen molar-refractivity contribution in [3.8, 4) is 0 Å². The molecule has 6 nitrogen and oxygen atoms in total. The van der Waals surface area contributed by atoms with Crippen LogP contribution < -0.4 is 11.1 Å². The van der Waals surface area contributed by atoms with Crippen LogP contribution in [0.3, 0.4) is 0 Å². The first kappa shape index (κ1) is 15.4. The van der Waals surface area contributed by atoms with Gasteiger partial charge in [0, 0.05) is 24.1 Å². The Morgan fingerprint density at radius 1 is 1.33 bits per heavy atom. The highest BCUT2D eigenvalue weighted by molar-refractivity contribution is 5.79. The maximum Gasteiger partial charge on any atom is 0.274 e. The van der Waals surface area contributed by atoms with Crippen LogP contribution in [0.4, 0.5) is 5.69 Å². The van der Waals surface area contributed by atoms with Gasteiger partial charge >= 0.3 is 0 Å². The first-order chi connectivity index (χ1) is 10.1. The summed E-state index contributed by atoms with van der Waals surface area (Å²) in [6, 6.07) is 6.47. The third kappa shape index (κ3) is 3.78. The van der Waals surface area contributed by atoms with Crippen molar-refractivity contribution in [1.82, 2.24) is 5.32 Å². The molecule has 1 aliphatic carbocycles. The van der Waals surface area contributed by atoms with E-state index in [9.17, 15) is 14.9 Å². The molecule has 0 aliphatic heterocycles. The molecule has 1 aromatic carbocycles. The van der Waals surface area contributed by atoms with Gasteiger partial charge in [-0.15, -0.1) is 0 Å². The predicted octanol–water partition coefficient (Wildman–Crippen LogP) is 1.98. The van der Waals surface area contributed by atoms with Gasteiger partial charge in [-0.2, -0.15) is 0 Å². The number of nitrogens with zero attached hydrogens (tertiary/aromatic N) is 1. The molecule has 1 aromatic rings. The molecular weight excluding hydrogens is 270 g/mol. The Labute approximate surface area is 123 Å². The molecule has 2 rings (SSSR count). The average molecular weight is 291 g/mol. The van der Waals surface area contributed by atoms with Gasteiger partial charge in [-0.05, 0) is 25.3 Å². The summed E-state index contributed by atoms with van der Waals surface area (Å²) in [6.07, 6.45) is 4.00. The van der Waals surface area contributed by atoms with Gasteiger partial charge in [-0.3, -0.25) is 14.9 Å². The highest BCUT2D eigenvalue weighted by atomic mass is 16.6. The van der Waals surface area contributed by atoms with Crippen LogP contribution in [-0.4, -0.2) is 17.4 Å². The molecule has 0 radical (unpaired) electrons. The van der Waals surface area contributed by atoms with Gasteiger partial charge in [0.05, 0.1) is 4.92 Å². The van der Waals surface area contributed by atoms with Crippen molar-refractivity contribution in [3.05, 3.63) is 39.9 Å². The summed E-state index contributed by atoms with van der Waals surface area (Å²) in [6.45, 7) is 0.702. The smallest absolute Gasteiger partial charge is 0.274 e. The first-order valence-corrected chi connectivity index (χ1v) is 7.33. The van der Waals surface area contributed by atoms with Crippen molar-refractivity contribution >= 4 is 11.6 Å². The van der Waals surface area contributed by atoms with E-state index >= 15 is 0 Å². The molecule has 6 heteroatoms. The molecule has 1 aliphatic rings. The minimum atomic E-state index is -0.426. The Bertz CT molecular complexity index is 519. The van der Waals surface area contributed by atoms with Gasteiger partial charge in [0.2, 0.25) is 5.91 Å². The summed E-state index contributed by atoms with van der Waals surface area (Å²) >= 11 is 0. The van der Waals surface area contributed by atoms with Crippen molar-refractivity contribution < 1.29 is 9.72 Å². The molecule has 0 aromatic heterocycles. The number of hydrogen-bond acceptors (Lipinski definition) is 4. The number of nitrogens with two attached hydrogens (primary N) is 1. The fraction of sp³-hybridized carbons (Fsp3) is 0.533. The zero-order valence-electron chi connectivity index (χ0n) is 12.0. The Morgan fingerprint density at radius 3 is 2.76 bits per heavy atom. The van der Waals surface area contributed by atoms with Crippen LogP contribution in [0.5, 0.6) is 0 Å². The number of para-hydroxylation sites is 1. The lowest BCUT2D eigenvalue weighted by atomic mass is 9.79. The van der Waals surface area contributed by atoms with Crippen molar-refractivity contribution in [2.24, 2.45) is 17.6 Å². The van der Waals surface area contributed by atoms with Gasteiger partial charge in [0.15, 0.2) is 0 Å². The van der Waals surface area contributed by atoms with E-state index < -0.39 is 4.92 Å². The van der Waals surface area contributed by atoms with Crippen molar-refractivity contribution in [1.29, 1.82) is 0 Å². The number of amides is 1. The summed E-state index contributed by atoms with van der Waals surface area (Å²) in [5, 5.41) is 13.8. The van der Waals surface area contributed by atoms with Gasteiger partial charge in [0.1, 0.15) is 0 Å². The van der Waals surface area contributed by atoms with Crippen molar-refractivity contribution in [2.45, 2.75) is 32.2 Å². The lowest BCUT2D eigenvalue weighted by Crippen LogP contribution is -2.39. The van der Waals surface area contributed by atoms with E-state index in [0.29, 0.717) is 12.1 Å². The van der Waals surface area contributed by atoms with E-state index in [1.54, 1.807) is 18.2 Å². The maximum absolute atomic E-state index is 12.3. The second-order valence-corrected chi connectivity index (χ2v) is 5.49. The predicted molar refractivity (Wildman–Crippen MR) is 79.4 cm³/mol. The van der Waals surface area contributed by atoms with Crippen molar-refractivity contribution in [2.75, 3.05) is 6.54 Å². The third-order valence-electron chi connectivity index (χ3n) is 4.19. The van der Waals surface area contributed by atoms with Crippen LogP contribution >= 0.6 is 0 Å². The number of nitrogens with one attached hydrogen (secondary N) is 1. The summed E-state index contributed by atoms with van der Waals surface area (Å²) < 4.78 is 0. The summed E-state index contributed by atoms with van der Waals surface area (Å²) in [7, 11) is 0. The van der Waals surface area contributed by atoms with Crippen LogP contribution in [0.25, 0.3) is 0 Å². The SMILES string of the molecule is NCC1CCCCC1C(=O)NCc1ccccc1[N+](=O)[O-]. The Hall–Kier alpha value is -1.95. The average Bonchev–Trinajstić information content (AvgIpc) is 2.52. The number of hydrogen-bond donors (Lipinski definition) is 2. The molecule has 0 bridgehead atoms. The lowest BCUT2D eigenvalue weighted by Gasteiger charge is -2.29. The first-order valence-electron chi connectivity index (χ1n) is 7.33. The van der Waals surface area contributed by atoms with Crippen LogP contribution in [0, 0.1) is 22.0 Å². The maximum atomic E-state index is 12.3. The normalized spacial score (nSPS) is 21.8. The molecule has 0 heterocycles. The van der Waals surface area contributed by atoms with Crippen LogP contribution in [0.1, 0.15) is 31.2 Å². The fourth-order valence-electron chi connectivity index (χ4n) is 2.99. The highest BCUT2D eigenvalue weighted by Crippen LogP contribution is 2.29. The minimum Gasteiger partial charge on any atom is -0.352 e. The zero-order chi connectivity index (χ0) is 15.2. The van der Waals surface area contributed by atoms with Gasteiger partial charge < -0.3 is 11.1 Å². The Balaban J connectivity index is 1.99. The van der Waals surface area contributed by atoms with E-state index in [1.807, 2.05) is 0 Å². The molecule has 21 heavy (non-hydrogen) atoms. The van der Waals surface area contributed by atoms with Crippen LogP contribution in [-0.2, 0) is 11.3 Å². The Morgan fingerprint density at radius 2 is 2.05 bits per heavy atom. The second kappa shape index (κ2) is 7.17. The minimum absolute atomic E-state index is 0.0386. The summed E-state index contributed by atoms with van der Waals surface area (Å²) in [4.78, 5) is 22.8. The van der Waals surface area contributed by atoms with Crippen molar-refractivity contribution in [3.63, 3.8) is 0 Å². The topological polar surface area (TPSA) is 98.3 Å². The molecule has 1 saturated carbocycles.